The predicted octanol–water partition coefficient (Wildman–Crippen LogP) is 1.04. The number of carboxylic acid groups (broad SMARTS) is 2. The second-order valence-corrected chi connectivity index (χ2v) is 3.88. The molecule has 0 amide bonds. The molecule has 0 aliphatic rings. The highest BCUT2D eigenvalue weighted by atomic mass is 16.4. The lowest BCUT2D eigenvalue weighted by atomic mass is 10.2. The zero-order valence-electron chi connectivity index (χ0n) is 11.3. The van der Waals surface area contributed by atoms with Crippen LogP contribution in [0.25, 0.3) is 0 Å². The van der Waals surface area contributed by atoms with E-state index in [-0.39, 0.29) is 0 Å². The van der Waals surface area contributed by atoms with Gasteiger partial charge < -0.3 is 20.2 Å². The normalized spacial score (nSPS) is 9.78. The molecule has 0 aromatic heterocycles. The third-order valence-corrected chi connectivity index (χ3v) is 2.25. The molecule has 0 rings (SSSR count). The Labute approximate surface area is 108 Å². The van der Waals surface area contributed by atoms with E-state index in [0.717, 1.165) is 19.6 Å². The smallest absolute Gasteiger partial charge is 0.414 e. The topological polar surface area (TPSA) is 98.1 Å². The maximum absolute atomic E-state index is 9.10. The molecule has 0 aliphatic carbocycles. The molecule has 0 heterocycles. The fourth-order valence-corrected chi connectivity index (χ4v) is 1.24. The minimum absolute atomic E-state index is 0.299. The Kier molecular flexibility index (Phi) is 14.9. The average molecular weight is 263 g/mol. The Morgan fingerprint density at radius 2 is 1.28 bits per heavy atom. The third kappa shape index (κ3) is 14.9. The summed E-state index contributed by atoms with van der Waals surface area (Å²) in [5, 5.41) is 23.6. The molecule has 6 heteroatoms. The molecule has 0 aromatic carbocycles. The number of aliphatic hydroxyl groups is 1. The molecule has 0 saturated carbocycles. The van der Waals surface area contributed by atoms with Crippen LogP contribution in [0, 0.1) is 0 Å². The first-order valence-electron chi connectivity index (χ1n) is 6.28. The summed E-state index contributed by atoms with van der Waals surface area (Å²) in [6, 6.07) is 0. The minimum atomic E-state index is -1.82. The van der Waals surface area contributed by atoms with Gasteiger partial charge in [0.25, 0.3) is 0 Å². The summed E-state index contributed by atoms with van der Waals surface area (Å²) in [5.41, 5.74) is 0. The number of nitrogens with zero attached hydrogens (tertiary/aromatic N) is 1. The Balaban J connectivity index is 0. The van der Waals surface area contributed by atoms with E-state index in [9.17, 15) is 0 Å². The van der Waals surface area contributed by atoms with Gasteiger partial charge in [0.05, 0.1) is 6.61 Å². The average Bonchev–Trinajstić information content (AvgIpc) is 2.33. The number of carboxylic acids is 2. The largest absolute Gasteiger partial charge is 0.473 e. The molecular formula is C12H25NO5. The van der Waals surface area contributed by atoms with Crippen LogP contribution in [-0.2, 0) is 9.59 Å². The van der Waals surface area contributed by atoms with Gasteiger partial charge in [0.2, 0.25) is 0 Å². The molecule has 0 atom stereocenters. The molecule has 108 valence electrons. The molecule has 0 unspecified atom stereocenters. The van der Waals surface area contributed by atoms with Crippen molar-refractivity contribution in [3.63, 3.8) is 0 Å². The summed E-state index contributed by atoms with van der Waals surface area (Å²) >= 11 is 0. The third-order valence-electron chi connectivity index (χ3n) is 2.25. The number of aliphatic hydroxyl groups excluding tert-OH is 1. The van der Waals surface area contributed by atoms with Crippen molar-refractivity contribution in [3.8, 4) is 0 Å². The Morgan fingerprint density at radius 1 is 0.889 bits per heavy atom. The van der Waals surface area contributed by atoms with Gasteiger partial charge in [-0.1, -0.05) is 26.7 Å². The predicted molar refractivity (Wildman–Crippen MR) is 68.6 cm³/mol. The van der Waals surface area contributed by atoms with E-state index in [2.05, 4.69) is 18.7 Å². The van der Waals surface area contributed by atoms with Gasteiger partial charge in [0.1, 0.15) is 0 Å². The van der Waals surface area contributed by atoms with Crippen LogP contribution in [0.2, 0.25) is 0 Å². The van der Waals surface area contributed by atoms with Crippen molar-refractivity contribution in [2.45, 2.75) is 39.5 Å². The fraction of sp³-hybridized carbons (Fsp3) is 0.833. The van der Waals surface area contributed by atoms with Gasteiger partial charge in [-0.2, -0.15) is 0 Å². The maximum Gasteiger partial charge on any atom is 0.414 e. The summed E-state index contributed by atoms with van der Waals surface area (Å²) < 4.78 is 0. The second kappa shape index (κ2) is 13.9. The van der Waals surface area contributed by atoms with Crippen molar-refractivity contribution in [1.82, 2.24) is 4.90 Å². The molecule has 0 bridgehead atoms. The van der Waals surface area contributed by atoms with E-state index >= 15 is 0 Å². The molecular weight excluding hydrogens is 238 g/mol. The van der Waals surface area contributed by atoms with Crippen LogP contribution in [0.3, 0.4) is 0 Å². The molecule has 0 aromatic rings. The molecule has 0 spiro atoms. The van der Waals surface area contributed by atoms with Crippen molar-refractivity contribution < 1.29 is 24.9 Å². The monoisotopic (exact) mass is 263 g/mol. The first kappa shape index (κ1) is 19.2. The Bertz CT molecular complexity index is 201. The van der Waals surface area contributed by atoms with Gasteiger partial charge in [-0.15, -0.1) is 0 Å². The van der Waals surface area contributed by atoms with Gasteiger partial charge >= 0.3 is 11.9 Å². The first-order valence-corrected chi connectivity index (χ1v) is 6.28. The van der Waals surface area contributed by atoms with E-state index in [1.54, 1.807) is 0 Å². The van der Waals surface area contributed by atoms with Gasteiger partial charge in [0.15, 0.2) is 0 Å². The lowest BCUT2D eigenvalue weighted by Gasteiger charge is -2.20. The number of rotatable bonds is 8. The summed E-state index contributed by atoms with van der Waals surface area (Å²) in [5.74, 6) is -3.65. The van der Waals surface area contributed by atoms with E-state index < -0.39 is 11.9 Å². The van der Waals surface area contributed by atoms with Crippen molar-refractivity contribution in [2.75, 3.05) is 26.2 Å². The van der Waals surface area contributed by atoms with Crippen LogP contribution >= 0.6 is 0 Å². The molecule has 0 saturated heterocycles. The summed E-state index contributed by atoms with van der Waals surface area (Å²) in [7, 11) is 0. The highest BCUT2D eigenvalue weighted by Gasteiger charge is 2.04. The number of unbranched alkanes of at least 4 members (excludes halogenated alkanes) is 2. The zero-order chi connectivity index (χ0) is 14.4. The van der Waals surface area contributed by atoms with Crippen molar-refractivity contribution in [1.29, 1.82) is 0 Å². The van der Waals surface area contributed by atoms with Crippen molar-refractivity contribution in [2.24, 2.45) is 0 Å². The molecule has 0 aliphatic heterocycles. The lowest BCUT2D eigenvalue weighted by Crippen LogP contribution is -2.28. The molecule has 3 N–H and O–H groups in total. The summed E-state index contributed by atoms with van der Waals surface area (Å²) in [6.45, 7) is 7.86. The Morgan fingerprint density at radius 3 is 1.50 bits per heavy atom. The van der Waals surface area contributed by atoms with Crippen LogP contribution in [0.1, 0.15) is 39.5 Å². The van der Waals surface area contributed by atoms with E-state index in [0.29, 0.717) is 6.61 Å². The zero-order valence-corrected chi connectivity index (χ0v) is 11.3. The highest BCUT2D eigenvalue weighted by molar-refractivity contribution is 6.27. The number of aliphatic carboxylic acids is 2. The van der Waals surface area contributed by atoms with Crippen LogP contribution < -0.4 is 0 Å². The van der Waals surface area contributed by atoms with E-state index in [4.69, 9.17) is 24.9 Å². The van der Waals surface area contributed by atoms with Crippen molar-refractivity contribution >= 4 is 11.9 Å². The number of hydrogen-bond acceptors (Lipinski definition) is 4. The molecule has 6 nitrogen and oxygen atoms in total. The number of carbonyl (C=O) groups is 2. The van der Waals surface area contributed by atoms with Crippen molar-refractivity contribution in [3.05, 3.63) is 0 Å². The van der Waals surface area contributed by atoms with Crippen LogP contribution in [-0.4, -0.2) is 58.4 Å². The fourth-order valence-electron chi connectivity index (χ4n) is 1.24. The highest BCUT2D eigenvalue weighted by Crippen LogP contribution is 1.97. The molecule has 0 radical (unpaired) electrons. The summed E-state index contributed by atoms with van der Waals surface area (Å²) in [4.78, 5) is 20.6. The van der Waals surface area contributed by atoms with Crippen LogP contribution in [0.15, 0.2) is 0 Å². The lowest BCUT2D eigenvalue weighted by molar-refractivity contribution is -0.159. The number of hydrogen-bond donors (Lipinski definition) is 3. The van der Waals surface area contributed by atoms with Gasteiger partial charge in [-0.25, -0.2) is 9.59 Å². The quantitative estimate of drug-likeness (QED) is 0.566. The van der Waals surface area contributed by atoms with Gasteiger partial charge in [-0.05, 0) is 25.9 Å². The first-order chi connectivity index (χ1) is 8.49. The second-order valence-electron chi connectivity index (χ2n) is 3.88. The van der Waals surface area contributed by atoms with Crippen LogP contribution in [0.5, 0.6) is 0 Å². The summed E-state index contributed by atoms with van der Waals surface area (Å²) in [6.07, 6.45) is 5.00. The van der Waals surface area contributed by atoms with E-state index in [1.165, 1.54) is 25.7 Å². The molecule has 0 fully saturated rings. The van der Waals surface area contributed by atoms with E-state index in [1.807, 2.05) is 0 Å². The van der Waals surface area contributed by atoms with Gasteiger partial charge in [-0.3, -0.25) is 0 Å². The van der Waals surface area contributed by atoms with Crippen LogP contribution in [0.4, 0.5) is 0 Å². The minimum Gasteiger partial charge on any atom is -0.473 e. The standard InChI is InChI=1S/C10H23NO.C2H2O4/c1-3-5-7-11(9-10-12)8-6-4-2;3-1(4)2(5)6/h12H,3-10H2,1-2H3;(H,3,4)(H,5,6). The molecule has 18 heavy (non-hydrogen) atoms. The maximum atomic E-state index is 9.10. The SMILES string of the molecule is CCCCN(CCO)CCCC.O=C(O)C(=O)O. The van der Waals surface area contributed by atoms with Gasteiger partial charge in [0, 0.05) is 6.54 Å². The Hall–Kier alpha value is -1.14.